The Morgan fingerprint density at radius 3 is 2.81 bits per heavy atom. The zero-order valence-corrected chi connectivity index (χ0v) is 14.9. The summed E-state index contributed by atoms with van der Waals surface area (Å²) < 4.78 is 11.7. The van der Waals surface area contributed by atoms with Crippen LogP contribution in [0.15, 0.2) is 48.8 Å². The van der Waals surface area contributed by atoms with E-state index in [1.54, 1.807) is 24.1 Å². The van der Waals surface area contributed by atoms with Crippen molar-refractivity contribution in [3.05, 3.63) is 59.9 Å². The fourth-order valence-corrected chi connectivity index (χ4v) is 2.17. The van der Waals surface area contributed by atoms with E-state index in [1.807, 2.05) is 36.5 Å². The van der Waals surface area contributed by atoms with E-state index in [9.17, 15) is 9.59 Å². The highest BCUT2D eigenvalue weighted by atomic mass is 16.5. The molecule has 26 heavy (non-hydrogen) atoms. The van der Waals surface area contributed by atoms with Crippen LogP contribution in [0.3, 0.4) is 0 Å². The zero-order chi connectivity index (χ0) is 18.8. The zero-order valence-electron chi connectivity index (χ0n) is 14.9. The first-order chi connectivity index (χ1) is 12.6. The molecule has 0 aliphatic rings. The number of methoxy groups -OCH3 is 1. The summed E-state index contributed by atoms with van der Waals surface area (Å²) in [5.74, 6) is -0.949. The monoisotopic (exact) mass is 357 g/mol. The van der Waals surface area contributed by atoms with Gasteiger partial charge in [0.05, 0.1) is 19.3 Å². The maximum Gasteiger partial charge on any atom is 0.331 e. The molecule has 1 heterocycles. The molecule has 0 saturated heterocycles. The van der Waals surface area contributed by atoms with Crippen molar-refractivity contribution < 1.29 is 19.1 Å². The number of amides is 1. The van der Waals surface area contributed by atoms with E-state index in [4.69, 9.17) is 9.47 Å². The molecule has 0 fully saturated rings. The maximum atomic E-state index is 11.8. The summed E-state index contributed by atoms with van der Waals surface area (Å²) in [4.78, 5) is 23.5. The third-order valence-electron chi connectivity index (χ3n) is 3.52. The second kappa shape index (κ2) is 10.1. The highest BCUT2D eigenvalue weighted by Gasteiger charge is 2.15. The Labute approximate surface area is 152 Å². The van der Waals surface area contributed by atoms with Crippen LogP contribution >= 0.6 is 0 Å². The van der Waals surface area contributed by atoms with Gasteiger partial charge in [0, 0.05) is 31.5 Å². The Hall–Kier alpha value is -2.93. The van der Waals surface area contributed by atoms with Crippen molar-refractivity contribution in [2.45, 2.75) is 19.6 Å². The van der Waals surface area contributed by atoms with Crippen molar-refractivity contribution in [2.75, 3.05) is 20.3 Å². The number of hydrogen-bond acceptors (Lipinski definition) is 5. The molecule has 0 aliphatic heterocycles. The molecule has 1 amide bonds. The van der Waals surface area contributed by atoms with Crippen LogP contribution in [-0.2, 0) is 25.6 Å². The van der Waals surface area contributed by atoms with Gasteiger partial charge in [-0.05, 0) is 18.6 Å². The third-order valence-corrected chi connectivity index (χ3v) is 3.52. The van der Waals surface area contributed by atoms with Crippen molar-refractivity contribution in [1.82, 2.24) is 15.1 Å². The number of esters is 1. The first kappa shape index (κ1) is 19.4. The van der Waals surface area contributed by atoms with E-state index >= 15 is 0 Å². The minimum atomic E-state index is -0.871. The van der Waals surface area contributed by atoms with Gasteiger partial charge >= 0.3 is 5.97 Å². The molecule has 138 valence electrons. The van der Waals surface area contributed by atoms with Gasteiger partial charge in [-0.15, -0.1) is 0 Å². The second-order valence-corrected chi connectivity index (χ2v) is 5.65. The van der Waals surface area contributed by atoms with E-state index < -0.39 is 12.1 Å². The number of carbonyl (C=O) groups excluding carboxylic acids is 2. The highest BCUT2D eigenvalue weighted by molar-refractivity contribution is 5.90. The van der Waals surface area contributed by atoms with Crippen LogP contribution in [0, 0.1) is 0 Å². The molecule has 0 spiro atoms. The molecular weight excluding hydrogens is 334 g/mol. The summed E-state index contributed by atoms with van der Waals surface area (Å²) in [5.41, 5.74) is 1.91. The van der Waals surface area contributed by atoms with Crippen molar-refractivity contribution in [2.24, 2.45) is 0 Å². The SMILES string of the molecule is COCCNC(=O)[C@H](C)OC(=O)/C=C/c1cnn(Cc2ccccc2)c1. The summed E-state index contributed by atoms with van der Waals surface area (Å²) in [6, 6.07) is 9.96. The lowest BCUT2D eigenvalue weighted by Crippen LogP contribution is -2.37. The average Bonchev–Trinajstić information content (AvgIpc) is 3.08. The molecular formula is C19H23N3O4. The second-order valence-electron chi connectivity index (χ2n) is 5.65. The molecule has 0 radical (unpaired) electrons. The fraction of sp³-hybridized carbons (Fsp3) is 0.316. The normalized spacial score (nSPS) is 12.1. The quantitative estimate of drug-likeness (QED) is 0.419. The van der Waals surface area contributed by atoms with E-state index in [0.29, 0.717) is 19.7 Å². The van der Waals surface area contributed by atoms with E-state index in [1.165, 1.54) is 13.0 Å². The first-order valence-corrected chi connectivity index (χ1v) is 8.30. The first-order valence-electron chi connectivity index (χ1n) is 8.30. The summed E-state index contributed by atoms with van der Waals surface area (Å²) >= 11 is 0. The third kappa shape index (κ3) is 6.52. The fourth-order valence-electron chi connectivity index (χ4n) is 2.17. The van der Waals surface area contributed by atoms with Crippen LogP contribution < -0.4 is 5.32 Å². The molecule has 7 nitrogen and oxygen atoms in total. The Morgan fingerprint density at radius 2 is 2.08 bits per heavy atom. The highest BCUT2D eigenvalue weighted by Crippen LogP contribution is 2.06. The van der Waals surface area contributed by atoms with E-state index in [-0.39, 0.29) is 5.91 Å². The van der Waals surface area contributed by atoms with Crippen LogP contribution in [-0.4, -0.2) is 48.0 Å². The predicted molar refractivity (Wildman–Crippen MR) is 97.2 cm³/mol. The number of aromatic nitrogens is 2. The number of rotatable bonds is 9. The number of nitrogens with one attached hydrogen (secondary N) is 1. The molecule has 0 saturated carbocycles. The molecule has 0 aliphatic carbocycles. The van der Waals surface area contributed by atoms with Crippen molar-refractivity contribution in [3.8, 4) is 0 Å². The summed E-state index contributed by atoms with van der Waals surface area (Å²) in [6.45, 7) is 2.94. The smallest absolute Gasteiger partial charge is 0.331 e. The topological polar surface area (TPSA) is 82.4 Å². The summed E-state index contributed by atoms with van der Waals surface area (Å²) in [7, 11) is 1.54. The van der Waals surface area contributed by atoms with Crippen molar-refractivity contribution in [3.63, 3.8) is 0 Å². The lowest BCUT2D eigenvalue weighted by molar-refractivity contribution is -0.150. The lowest BCUT2D eigenvalue weighted by Gasteiger charge is -2.11. The molecule has 7 heteroatoms. The van der Waals surface area contributed by atoms with Crippen molar-refractivity contribution in [1.29, 1.82) is 0 Å². The molecule has 0 bridgehead atoms. The van der Waals surface area contributed by atoms with Gasteiger partial charge in [-0.3, -0.25) is 9.48 Å². The van der Waals surface area contributed by atoms with Gasteiger partial charge in [0.15, 0.2) is 6.10 Å². The summed E-state index contributed by atoms with van der Waals surface area (Å²) in [5, 5.41) is 6.87. The van der Waals surface area contributed by atoms with Gasteiger partial charge in [0.1, 0.15) is 0 Å². The Bertz CT molecular complexity index is 740. The minimum Gasteiger partial charge on any atom is -0.449 e. The Kier molecular flexibility index (Phi) is 7.57. The van der Waals surface area contributed by atoms with Crippen LogP contribution in [0.5, 0.6) is 0 Å². The Morgan fingerprint density at radius 1 is 1.31 bits per heavy atom. The van der Waals surface area contributed by atoms with Gasteiger partial charge in [0.25, 0.3) is 5.91 Å². The number of hydrogen-bond donors (Lipinski definition) is 1. The van der Waals surface area contributed by atoms with Gasteiger partial charge in [-0.1, -0.05) is 30.3 Å². The number of ether oxygens (including phenoxy) is 2. The molecule has 1 atom stereocenters. The van der Waals surface area contributed by atoms with E-state index in [0.717, 1.165) is 11.1 Å². The molecule has 1 aromatic heterocycles. The van der Waals surface area contributed by atoms with Crippen molar-refractivity contribution >= 4 is 18.0 Å². The summed E-state index contributed by atoms with van der Waals surface area (Å²) in [6.07, 6.45) is 5.50. The molecule has 2 rings (SSSR count). The maximum absolute atomic E-state index is 11.8. The largest absolute Gasteiger partial charge is 0.449 e. The van der Waals surface area contributed by atoms with Crippen LogP contribution in [0.25, 0.3) is 6.08 Å². The van der Waals surface area contributed by atoms with Crippen LogP contribution in [0.1, 0.15) is 18.1 Å². The minimum absolute atomic E-state index is 0.362. The number of carbonyl (C=O) groups is 2. The van der Waals surface area contributed by atoms with Gasteiger partial charge < -0.3 is 14.8 Å². The van der Waals surface area contributed by atoms with Gasteiger partial charge in [-0.25, -0.2) is 4.79 Å². The molecule has 1 aromatic carbocycles. The van der Waals surface area contributed by atoms with Crippen LogP contribution in [0.4, 0.5) is 0 Å². The van der Waals surface area contributed by atoms with E-state index in [2.05, 4.69) is 10.4 Å². The standard InChI is InChI=1S/C19H23N3O4/c1-15(19(24)20-10-11-25-2)26-18(23)9-8-17-12-21-22(14-17)13-16-6-4-3-5-7-16/h3-9,12,14-15H,10-11,13H2,1-2H3,(H,20,24)/b9-8+/t15-/m0/s1. The Balaban J connectivity index is 1.81. The lowest BCUT2D eigenvalue weighted by atomic mass is 10.2. The van der Waals surface area contributed by atoms with Gasteiger partial charge in [0.2, 0.25) is 0 Å². The number of benzene rings is 1. The number of nitrogens with zero attached hydrogens (tertiary/aromatic N) is 2. The average molecular weight is 357 g/mol. The molecule has 2 aromatic rings. The van der Waals surface area contributed by atoms with Gasteiger partial charge in [-0.2, -0.15) is 5.10 Å². The molecule has 1 N–H and O–H groups in total. The predicted octanol–water partition coefficient (Wildman–Crippen LogP) is 1.64. The van der Waals surface area contributed by atoms with Crippen LogP contribution in [0.2, 0.25) is 0 Å². The molecule has 0 unspecified atom stereocenters.